The van der Waals surface area contributed by atoms with Crippen LogP contribution in [0.2, 0.25) is 0 Å². The topological polar surface area (TPSA) is 34.1 Å². The molecule has 94 valence electrons. The van der Waals surface area contributed by atoms with Crippen LogP contribution in [0.5, 0.6) is 0 Å². The van der Waals surface area contributed by atoms with E-state index in [9.17, 15) is 9.59 Å². The molecule has 0 aliphatic rings. The molecule has 2 aromatic carbocycles. The highest BCUT2D eigenvalue weighted by molar-refractivity contribution is 9.10. The zero-order valence-electron chi connectivity index (χ0n) is 10.0. The Hall–Kier alpha value is -2.00. The van der Waals surface area contributed by atoms with Crippen LogP contribution in [-0.2, 0) is 0 Å². The van der Waals surface area contributed by atoms with Gasteiger partial charge in [0.2, 0.25) is 0 Å². The van der Waals surface area contributed by atoms with Crippen LogP contribution in [0.1, 0.15) is 26.3 Å². The van der Waals surface area contributed by atoms with E-state index in [2.05, 4.69) is 15.9 Å². The third-order valence-corrected chi connectivity index (χ3v) is 3.33. The Balaban J connectivity index is 2.16. The monoisotopic (exact) mass is 314 g/mol. The molecule has 0 heterocycles. The molecule has 0 aromatic heterocycles. The summed E-state index contributed by atoms with van der Waals surface area (Å²) in [7, 11) is 0. The second-order valence-electron chi connectivity index (χ2n) is 3.96. The molecule has 0 amide bonds. The van der Waals surface area contributed by atoms with Crippen LogP contribution in [-0.4, -0.2) is 12.1 Å². The number of benzene rings is 2. The summed E-state index contributed by atoms with van der Waals surface area (Å²) in [6.45, 7) is 0. The van der Waals surface area contributed by atoms with E-state index in [0.29, 0.717) is 11.1 Å². The van der Waals surface area contributed by atoms with Crippen molar-refractivity contribution >= 4 is 34.1 Å². The van der Waals surface area contributed by atoms with Gasteiger partial charge < -0.3 is 0 Å². The summed E-state index contributed by atoms with van der Waals surface area (Å²) < 4.78 is 0.779. The SMILES string of the molecule is O=Cc1ccc(/C=C/C(=O)c2ccccc2Br)cc1. The smallest absolute Gasteiger partial charge is 0.186 e. The third kappa shape index (κ3) is 3.48. The second-order valence-corrected chi connectivity index (χ2v) is 4.82. The molecule has 0 aliphatic carbocycles. The number of aldehydes is 1. The highest BCUT2D eigenvalue weighted by Gasteiger charge is 2.05. The van der Waals surface area contributed by atoms with Crippen molar-refractivity contribution in [3.8, 4) is 0 Å². The first-order valence-corrected chi connectivity index (χ1v) is 6.52. The van der Waals surface area contributed by atoms with Gasteiger partial charge in [-0.1, -0.05) is 58.4 Å². The van der Waals surface area contributed by atoms with E-state index in [1.54, 1.807) is 36.4 Å². The van der Waals surface area contributed by atoms with Crippen LogP contribution in [0.4, 0.5) is 0 Å². The molecule has 0 aliphatic heterocycles. The van der Waals surface area contributed by atoms with Crippen LogP contribution >= 0.6 is 15.9 Å². The van der Waals surface area contributed by atoms with Crippen molar-refractivity contribution in [2.75, 3.05) is 0 Å². The minimum absolute atomic E-state index is 0.0630. The number of rotatable bonds is 4. The molecule has 2 rings (SSSR count). The Morgan fingerprint density at radius 2 is 1.58 bits per heavy atom. The van der Waals surface area contributed by atoms with Gasteiger partial charge in [-0.3, -0.25) is 9.59 Å². The largest absolute Gasteiger partial charge is 0.298 e. The van der Waals surface area contributed by atoms with Gasteiger partial charge in [0.25, 0.3) is 0 Å². The highest BCUT2D eigenvalue weighted by Crippen LogP contribution is 2.17. The summed E-state index contributed by atoms with van der Waals surface area (Å²) >= 11 is 3.35. The zero-order valence-corrected chi connectivity index (χ0v) is 11.6. The summed E-state index contributed by atoms with van der Waals surface area (Å²) in [5.41, 5.74) is 2.13. The first-order valence-electron chi connectivity index (χ1n) is 5.73. The molecule has 0 N–H and O–H groups in total. The van der Waals surface area contributed by atoms with Crippen molar-refractivity contribution in [3.63, 3.8) is 0 Å². The van der Waals surface area contributed by atoms with Gasteiger partial charge in [0.15, 0.2) is 5.78 Å². The van der Waals surface area contributed by atoms with E-state index in [4.69, 9.17) is 0 Å². The van der Waals surface area contributed by atoms with Crippen molar-refractivity contribution in [2.24, 2.45) is 0 Å². The van der Waals surface area contributed by atoms with Crippen molar-refractivity contribution in [1.29, 1.82) is 0 Å². The average molecular weight is 315 g/mol. The summed E-state index contributed by atoms with van der Waals surface area (Å²) in [6.07, 6.45) is 4.05. The van der Waals surface area contributed by atoms with Gasteiger partial charge in [-0.05, 0) is 23.8 Å². The quantitative estimate of drug-likeness (QED) is 0.482. The lowest BCUT2D eigenvalue weighted by atomic mass is 10.1. The van der Waals surface area contributed by atoms with Crippen LogP contribution < -0.4 is 0 Å². The first-order chi connectivity index (χ1) is 9.20. The number of hydrogen-bond donors (Lipinski definition) is 0. The zero-order chi connectivity index (χ0) is 13.7. The number of carbonyl (C=O) groups excluding carboxylic acids is 2. The third-order valence-electron chi connectivity index (χ3n) is 2.64. The molecule has 0 radical (unpaired) electrons. The van der Waals surface area contributed by atoms with Gasteiger partial charge in [0.1, 0.15) is 6.29 Å². The minimum Gasteiger partial charge on any atom is -0.298 e. The molecular formula is C16H11BrO2. The van der Waals surface area contributed by atoms with Gasteiger partial charge in [0.05, 0.1) is 0 Å². The lowest BCUT2D eigenvalue weighted by Gasteiger charge is -1.99. The Kier molecular flexibility index (Phi) is 4.42. The van der Waals surface area contributed by atoms with E-state index >= 15 is 0 Å². The van der Waals surface area contributed by atoms with E-state index in [1.165, 1.54) is 6.08 Å². The van der Waals surface area contributed by atoms with Crippen LogP contribution in [0.25, 0.3) is 6.08 Å². The lowest BCUT2D eigenvalue weighted by Crippen LogP contribution is -1.94. The maximum absolute atomic E-state index is 12.0. The molecule has 0 bridgehead atoms. The molecule has 0 fully saturated rings. The molecule has 0 saturated heterocycles. The Morgan fingerprint density at radius 3 is 2.21 bits per heavy atom. The first kappa shape index (κ1) is 13.4. The maximum Gasteiger partial charge on any atom is 0.186 e. The number of halogens is 1. The van der Waals surface area contributed by atoms with Gasteiger partial charge in [0, 0.05) is 15.6 Å². The Bertz CT molecular complexity index is 627. The molecule has 3 heteroatoms. The van der Waals surface area contributed by atoms with E-state index in [1.807, 2.05) is 18.2 Å². The predicted molar refractivity (Wildman–Crippen MR) is 79.3 cm³/mol. The molecule has 0 saturated carbocycles. The van der Waals surface area contributed by atoms with E-state index in [-0.39, 0.29) is 5.78 Å². The van der Waals surface area contributed by atoms with E-state index in [0.717, 1.165) is 16.3 Å². The normalized spacial score (nSPS) is 10.6. The fraction of sp³-hybridized carbons (Fsp3) is 0. The molecule has 0 unspecified atom stereocenters. The van der Waals surface area contributed by atoms with Crippen LogP contribution in [0.15, 0.2) is 59.1 Å². The number of allylic oxidation sites excluding steroid dienone is 1. The lowest BCUT2D eigenvalue weighted by molar-refractivity contribution is 0.104. The second kappa shape index (κ2) is 6.25. The summed E-state index contributed by atoms with van der Waals surface area (Å²) in [5.74, 6) is -0.0630. The van der Waals surface area contributed by atoms with Gasteiger partial charge in [-0.2, -0.15) is 0 Å². The average Bonchev–Trinajstić information content (AvgIpc) is 2.46. The van der Waals surface area contributed by atoms with Crippen LogP contribution in [0, 0.1) is 0 Å². The fourth-order valence-corrected chi connectivity index (χ4v) is 2.09. The van der Waals surface area contributed by atoms with Crippen molar-refractivity contribution < 1.29 is 9.59 Å². The van der Waals surface area contributed by atoms with Crippen molar-refractivity contribution in [2.45, 2.75) is 0 Å². The minimum atomic E-state index is -0.0630. The number of hydrogen-bond acceptors (Lipinski definition) is 2. The number of carbonyl (C=O) groups is 2. The molecule has 2 nitrogen and oxygen atoms in total. The van der Waals surface area contributed by atoms with Gasteiger partial charge in [-0.15, -0.1) is 0 Å². The molecule has 0 spiro atoms. The van der Waals surface area contributed by atoms with Gasteiger partial charge >= 0.3 is 0 Å². The Morgan fingerprint density at radius 1 is 0.947 bits per heavy atom. The standard InChI is InChI=1S/C16H11BrO2/c17-15-4-2-1-3-14(15)16(19)10-9-12-5-7-13(11-18)8-6-12/h1-11H/b10-9+. The maximum atomic E-state index is 12.0. The molecule has 0 atom stereocenters. The van der Waals surface area contributed by atoms with Crippen molar-refractivity contribution in [3.05, 3.63) is 75.8 Å². The predicted octanol–water partition coefficient (Wildman–Crippen LogP) is 4.16. The molecule has 2 aromatic rings. The highest BCUT2D eigenvalue weighted by atomic mass is 79.9. The summed E-state index contributed by atoms with van der Waals surface area (Å²) in [6, 6.07) is 14.3. The van der Waals surface area contributed by atoms with Gasteiger partial charge in [-0.25, -0.2) is 0 Å². The number of ketones is 1. The van der Waals surface area contributed by atoms with Crippen molar-refractivity contribution in [1.82, 2.24) is 0 Å². The Labute approximate surface area is 119 Å². The summed E-state index contributed by atoms with van der Waals surface area (Å²) in [5, 5.41) is 0. The molecule has 19 heavy (non-hydrogen) atoms. The van der Waals surface area contributed by atoms with E-state index < -0.39 is 0 Å². The fourth-order valence-electron chi connectivity index (χ4n) is 1.61. The summed E-state index contributed by atoms with van der Waals surface area (Å²) in [4.78, 5) is 22.5. The molecular weight excluding hydrogens is 304 g/mol. The van der Waals surface area contributed by atoms with Crippen LogP contribution in [0.3, 0.4) is 0 Å².